The van der Waals surface area contributed by atoms with Crippen LogP contribution in [0.2, 0.25) is 0 Å². The van der Waals surface area contributed by atoms with Crippen LogP contribution in [0.15, 0.2) is 24.4 Å². The molecule has 2 rings (SSSR count). The first-order valence-corrected chi connectivity index (χ1v) is 8.22. The largest absolute Gasteiger partial charge is 0.491 e. The number of anilines is 2. The van der Waals surface area contributed by atoms with Gasteiger partial charge in [0.25, 0.3) is 5.91 Å². The number of carbonyl (C=O) groups is 2. The molecule has 0 radical (unpaired) electrons. The zero-order valence-electron chi connectivity index (χ0n) is 13.7. The first-order valence-electron chi connectivity index (χ1n) is 7.40. The maximum atomic E-state index is 12.3. The van der Waals surface area contributed by atoms with Crippen LogP contribution in [-0.4, -0.2) is 29.6 Å². The van der Waals surface area contributed by atoms with Crippen molar-refractivity contribution < 1.29 is 19.1 Å². The van der Waals surface area contributed by atoms with Crippen molar-refractivity contribution in [1.29, 1.82) is 0 Å². The number of amides is 1. The van der Waals surface area contributed by atoms with Crippen LogP contribution in [0.25, 0.3) is 0 Å². The number of carbonyl (C=O) groups excluding carboxylic acids is 2. The predicted octanol–water partition coefficient (Wildman–Crippen LogP) is 2.94. The van der Waals surface area contributed by atoms with Crippen LogP contribution in [0.5, 0.6) is 5.75 Å². The minimum Gasteiger partial charge on any atom is -0.491 e. The summed E-state index contributed by atoms with van der Waals surface area (Å²) in [6.45, 7) is 5.77. The lowest BCUT2D eigenvalue weighted by atomic mass is 10.1. The van der Waals surface area contributed by atoms with Crippen molar-refractivity contribution >= 4 is 34.0 Å². The highest BCUT2D eigenvalue weighted by atomic mass is 32.1. The quantitative estimate of drug-likeness (QED) is 0.614. The number of aromatic nitrogens is 1. The number of nitrogens with zero attached hydrogens (tertiary/aromatic N) is 1. The minimum atomic E-state index is -0.466. The molecule has 0 fully saturated rings. The van der Waals surface area contributed by atoms with Gasteiger partial charge in [-0.25, -0.2) is 9.78 Å². The Morgan fingerprint density at radius 3 is 2.75 bits per heavy atom. The van der Waals surface area contributed by atoms with Crippen molar-refractivity contribution in [3.8, 4) is 5.75 Å². The molecule has 0 aliphatic heterocycles. The van der Waals surface area contributed by atoms with Crippen molar-refractivity contribution in [3.63, 3.8) is 0 Å². The van der Waals surface area contributed by atoms with Gasteiger partial charge < -0.3 is 15.2 Å². The molecular weight excluding hydrogens is 330 g/mol. The van der Waals surface area contributed by atoms with Crippen LogP contribution < -0.4 is 15.8 Å². The Bertz CT molecular complexity index is 743. The van der Waals surface area contributed by atoms with Gasteiger partial charge in [-0.1, -0.05) is 11.3 Å². The molecule has 0 unspecified atom stereocenters. The summed E-state index contributed by atoms with van der Waals surface area (Å²) in [5, 5.41) is 2.94. The van der Waals surface area contributed by atoms with Gasteiger partial charge in [-0.2, -0.15) is 0 Å². The molecule has 0 aliphatic carbocycles. The van der Waals surface area contributed by atoms with E-state index in [0.717, 1.165) is 11.3 Å². The van der Waals surface area contributed by atoms with Crippen LogP contribution in [0.3, 0.4) is 0 Å². The number of ether oxygens (including phenoxy) is 2. The standard InChI is InChI=1S/C16H19N3O4S/c1-4-22-15(21)13-8-18-16(24-13)19-14(20)10-5-11(17)7-12(6-10)23-9(2)3/h5-9H,4,17H2,1-3H3,(H,18,19,20). The van der Waals surface area contributed by atoms with E-state index in [1.807, 2.05) is 13.8 Å². The maximum absolute atomic E-state index is 12.3. The smallest absolute Gasteiger partial charge is 0.350 e. The highest BCUT2D eigenvalue weighted by molar-refractivity contribution is 7.17. The lowest BCUT2D eigenvalue weighted by Crippen LogP contribution is -2.13. The number of nitrogen functional groups attached to an aromatic ring is 1. The fourth-order valence-electron chi connectivity index (χ4n) is 1.89. The lowest BCUT2D eigenvalue weighted by molar-refractivity contribution is 0.0531. The van der Waals surface area contributed by atoms with Gasteiger partial charge in [-0.15, -0.1) is 0 Å². The Labute approximate surface area is 143 Å². The summed E-state index contributed by atoms with van der Waals surface area (Å²) in [5.41, 5.74) is 6.58. The average Bonchev–Trinajstić information content (AvgIpc) is 2.94. The molecule has 8 heteroatoms. The molecule has 1 amide bonds. The van der Waals surface area contributed by atoms with Gasteiger partial charge in [0.2, 0.25) is 0 Å². The zero-order valence-corrected chi connectivity index (χ0v) is 14.5. The fourth-order valence-corrected chi connectivity index (χ4v) is 2.60. The molecule has 0 spiro atoms. The number of rotatable bonds is 6. The fraction of sp³-hybridized carbons (Fsp3) is 0.312. The number of nitrogens with two attached hydrogens (primary N) is 1. The zero-order chi connectivity index (χ0) is 17.7. The van der Waals surface area contributed by atoms with Crippen molar-refractivity contribution in [2.45, 2.75) is 26.9 Å². The second kappa shape index (κ2) is 7.78. The van der Waals surface area contributed by atoms with E-state index in [0.29, 0.717) is 27.0 Å². The minimum absolute atomic E-state index is 0.0335. The molecule has 1 aromatic carbocycles. The van der Waals surface area contributed by atoms with Crippen molar-refractivity contribution in [3.05, 3.63) is 34.8 Å². The van der Waals surface area contributed by atoms with Gasteiger partial charge >= 0.3 is 5.97 Å². The molecule has 3 N–H and O–H groups in total. The summed E-state index contributed by atoms with van der Waals surface area (Å²) < 4.78 is 10.4. The third-order valence-electron chi connectivity index (χ3n) is 2.77. The monoisotopic (exact) mass is 349 g/mol. The second-order valence-electron chi connectivity index (χ2n) is 5.16. The normalized spacial score (nSPS) is 10.5. The molecule has 0 saturated heterocycles. The molecule has 2 aromatic rings. The van der Waals surface area contributed by atoms with Crippen LogP contribution in [0.1, 0.15) is 40.8 Å². The molecule has 0 bridgehead atoms. The number of esters is 1. The number of hydrogen-bond donors (Lipinski definition) is 2. The molecule has 0 saturated carbocycles. The highest BCUT2D eigenvalue weighted by Crippen LogP contribution is 2.23. The van der Waals surface area contributed by atoms with Crippen molar-refractivity contribution in [1.82, 2.24) is 4.98 Å². The van der Waals surface area contributed by atoms with Gasteiger partial charge in [0.15, 0.2) is 5.13 Å². The van der Waals surface area contributed by atoms with E-state index in [4.69, 9.17) is 15.2 Å². The SMILES string of the molecule is CCOC(=O)c1cnc(NC(=O)c2cc(N)cc(OC(C)C)c2)s1. The van der Waals surface area contributed by atoms with Crippen LogP contribution in [0, 0.1) is 0 Å². The van der Waals surface area contributed by atoms with Crippen LogP contribution in [-0.2, 0) is 4.74 Å². The molecule has 0 atom stereocenters. The molecule has 128 valence electrons. The third-order valence-corrected chi connectivity index (χ3v) is 3.66. The maximum Gasteiger partial charge on any atom is 0.350 e. The van der Waals surface area contributed by atoms with Gasteiger partial charge in [0.05, 0.1) is 18.9 Å². The lowest BCUT2D eigenvalue weighted by Gasteiger charge is -2.12. The average molecular weight is 349 g/mol. The van der Waals surface area contributed by atoms with Crippen LogP contribution >= 0.6 is 11.3 Å². The van der Waals surface area contributed by atoms with Crippen molar-refractivity contribution in [2.24, 2.45) is 0 Å². The van der Waals surface area contributed by atoms with Crippen molar-refractivity contribution in [2.75, 3.05) is 17.7 Å². The summed E-state index contributed by atoms with van der Waals surface area (Å²) in [6.07, 6.45) is 1.33. The van der Waals surface area contributed by atoms with E-state index in [2.05, 4.69) is 10.3 Å². The van der Waals surface area contributed by atoms with E-state index < -0.39 is 5.97 Å². The van der Waals surface area contributed by atoms with Gasteiger partial charge in [0.1, 0.15) is 10.6 Å². The number of hydrogen-bond acceptors (Lipinski definition) is 7. The second-order valence-corrected chi connectivity index (χ2v) is 6.19. The topological polar surface area (TPSA) is 104 Å². The first-order chi connectivity index (χ1) is 11.4. The molecule has 1 aromatic heterocycles. The van der Waals surface area contributed by atoms with Gasteiger partial charge in [0, 0.05) is 17.3 Å². The van der Waals surface area contributed by atoms with E-state index in [1.165, 1.54) is 6.20 Å². The summed E-state index contributed by atoms with van der Waals surface area (Å²) in [4.78, 5) is 28.3. The van der Waals surface area contributed by atoms with E-state index >= 15 is 0 Å². The predicted molar refractivity (Wildman–Crippen MR) is 92.6 cm³/mol. The van der Waals surface area contributed by atoms with Crippen LogP contribution in [0.4, 0.5) is 10.8 Å². The highest BCUT2D eigenvalue weighted by Gasteiger charge is 2.15. The molecular formula is C16H19N3O4S. The van der Waals surface area contributed by atoms with E-state index in [1.54, 1.807) is 25.1 Å². The summed E-state index contributed by atoms with van der Waals surface area (Å²) in [7, 11) is 0. The number of nitrogens with one attached hydrogen (secondary N) is 1. The molecule has 1 heterocycles. The molecule has 7 nitrogen and oxygen atoms in total. The third kappa shape index (κ3) is 4.69. The summed E-state index contributed by atoms with van der Waals surface area (Å²) in [6, 6.07) is 4.80. The Kier molecular flexibility index (Phi) is 5.75. The number of thiazole rings is 1. The molecule has 24 heavy (non-hydrogen) atoms. The first kappa shape index (κ1) is 17.7. The Balaban J connectivity index is 2.12. The van der Waals surface area contributed by atoms with E-state index in [9.17, 15) is 9.59 Å². The Hall–Kier alpha value is -2.61. The Morgan fingerprint density at radius 1 is 1.33 bits per heavy atom. The molecule has 0 aliphatic rings. The summed E-state index contributed by atoms with van der Waals surface area (Å²) >= 11 is 1.04. The van der Waals surface area contributed by atoms with E-state index in [-0.39, 0.29) is 18.6 Å². The number of benzene rings is 1. The van der Waals surface area contributed by atoms with Gasteiger partial charge in [-0.3, -0.25) is 10.1 Å². The summed E-state index contributed by atoms with van der Waals surface area (Å²) in [5.74, 6) is -0.339. The van der Waals surface area contributed by atoms with Gasteiger partial charge in [-0.05, 0) is 32.9 Å². The Morgan fingerprint density at radius 2 is 2.08 bits per heavy atom.